The standard InChI is InChI=1S/C16H16O2S2/c1-14-7-9-16(10-8-14)20(17,18)12-11-19-13-15-5-3-2-4-6-15/h2-12H,13H2,1H3/b12-11-. The van der Waals surface area contributed by atoms with Crippen molar-refractivity contribution < 1.29 is 8.42 Å². The molecule has 2 aromatic rings. The van der Waals surface area contributed by atoms with Crippen molar-refractivity contribution in [3.8, 4) is 0 Å². The van der Waals surface area contributed by atoms with Crippen LogP contribution < -0.4 is 0 Å². The van der Waals surface area contributed by atoms with Crippen LogP contribution in [-0.4, -0.2) is 8.42 Å². The lowest BCUT2D eigenvalue weighted by atomic mass is 10.2. The van der Waals surface area contributed by atoms with Gasteiger partial charge in [0.25, 0.3) is 0 Å². The van der Waals surface area contributed by atoms with Gasteiger partial charge in [0.2, 0.25) is 0 Å². The fourth-order valence-electron chi connectivity index (χ4n) is 1.64. The van der Waals surface area contributed by atoms with E-state index in [4.69, 9.17) is 0 Å². The van der Waals surface area contributed by atoms with Gasteiger partial charge in [0.15, 0.2) is 9.84 Å². The van der Waals surface area contributed by atoms with E-state index in [1.54, 1.807) is 29.7 Å². The van der Waals surface area contributed by atoms with Crippen LogP contribution in [0.2, 0.25) is 0 Å². The Morgan fingerprint density at radius 1 is 1.00 bits per heavy atom. The molecule has 0 aliphatic heterocycles. The Labute approximate surface area is 124 Å². The van der Waals surface area contributed by atoms with Crippen LogP contribution >= 0.6 is 11.8 Å². The van der Waals surface area contributed by atoms with Crippen molar-refractivity contribution >= 4 is 21.6 Å². The first-order valence-corrected chi connectivity index (χ1v) is 8.81. The molecule has 0 aromatic heterocycles. The van der Waals surface area contributed by atoms with E-state index in [1.165, 1.54) is 22.7 Å². The highest BCUT2D eigenvalue weighted by Gasteiger charge is 2.09. The van der Waals surface area contributed by atoms with Gasteiger partial charge < -0.3 is 0 Å². The molecule has 0 aliphatic carbocycles. The second-order valence-electron chi connectivity index (χ2n) is 4.43. The molecule has 0 amide bonds. The van der Waals surface area contributed by atoms with Gasteiger partial charge in [0.1, 0.15) is 0 Å². The predicted octanol–water partition coefficient (Wildman–Crippen LogP) is 4.17. The average molecular weight is 304 g/mol. The molecule has 2 rings (SSSR count). The van der Waals surface area contributed by atoms with Gasteiger partial charge in [-0.05, 0) is 30.0 Å². The molecule has 0 atom stereocenters. The number of hydrogen-bond donors (Lipinski definition) is 0. The van der Waals surface area contributed by atoms with Gasteiger partial charge in [-0.15, -0.1) is 11.8 Å². The predicted molar refractivity (Wildman–Crippen MR) is 85.2 cm³/mol. The topological polar surface area (TPSA) is 34.1 Å². The lowest BCUT2D eigenvalue weighted by Crippen LogP contribution is -1.95. The van der Waals surface area contributed by atoms with Crippen LogP contribution in [0.25, 0.3) is 0 Å². The Bertz CT molecular complexity index is 672. The summed E-state index contributed by atoms with van der Waals surface area (Å²) in [5.41, 5.74) is 2.22. The summed E-state index contributed by atoms with van der Waals surface area (Å²) in [4.78, 5) is 0.333. The zero-order chi connectivity index (χ0) is 14.4. The summed E-state index contributed by atoms with van der Waals surface area (Å²) in [6, 6.07) is 16.8. The van der Waals surface area contributed by atoms with Crippen molar-refractivity contribution in [2.75, 3.05) is 0 Å². The van der Waals surface area contributed by atoms with Crippen molar-refractivity contribution in [1.82, 2.24) is 0 Å². The smallest absolute Gasteiger partial charge is 0.200 e. The molecule has 2 aromatic carbocycles. The number of sulfone groups is 1. The number of rotatable bonds is 5. The molecule has 0 aliphatic rings. The first-order chi connectivity index (χ1) is 9.58. The molecular formula is C16H16O2S2. The Morgan fingerprint density at radius 3 is 2.30 bits per heavy atom. The average Bonchev–Trinajstić information content (AvgIpc) is 2.45. The molecule has 0 unspecified atom stereocenters. The van der Waals surface area contributed by atoms with E-state index in [0.29, 0.717) is 4.90 Å². The lowest BCUT2D eigenvalue weighted by molar-refractivity contribution is 0.604. The van der Waals surface area contributed by atoms with E-state index in [-0.39, 0.29) is 0 Å². The van der Waals surface area contributed by atoms with Gasteiger partial charge in [0, 0.05) is 11.2 Å². The van der Waals surface area contributed by atoms with E-state index in [0.717, 1.165) is 11.3 Å². The summed E-state index contributed by atoms with van der Waals surface area (Å²) in [5, 5.41) is 2.91. The van der Waals surface area contributed by atoms with E-state index in [2.05, 4.69) is 0 Å². The summed E-state index contributed by atoms with van der Waals surface area (Å²) in [6.07, 6.45) is 0. The monoisotopic (exact) mass is 304 g/mol. The first-order valence-electron chi connectivity index (χ1n) is 6.22. The van der Waals surface area contributed by atoms with Gasteiger partial charge in [-0.25, -0.2) is 8.42 Å². The molecule has 0 heterocycles. The van der Waals surface area contributed by atoms with E-state index >= 15 is 0 Å². The second-order valence-corrected chi connectivity index (χ2v) is 7.15. The highest BCUT2D eigenvalue weighted by molar-refractivity contribution is 8.02. The van der Waals surface area contributed by atoms with Crippen molar-refractivity contribution in [2.45, 2.75) is 17.6 Å². The Kier molecular flexibility index (Phi) is 5.04. The van der Waals surface area contributed by atoms with E-state index < -0.39 is 9.84 Å². The van der Waals surface area contributed by atoms with Gasteiger partial charge >= 0.3 is 0 Å². The van der Waals surface area contributed by atoms with Gasteiger partial charge in [-0.3, -0.25) is 0 Å². The maximum atomic E-state index is 12.1. The number of hydrogen-bond acceptors (Lipinski definition) is 3. The van der Waals surface area contributed by atoms with Crippen LogP contribution in [0.15, 0.2) is 70.3 Å². The fraction of sp³-hybridized carbons (Fsp3) is 0.125. The SMILES string of the molecule is Cc1ccc(S(=O)(=O)/C=C\SCc2ccccc2)cc1. The second kappa shape index (κ2) is 6.77. The molecule has 20 heavy (non-hydrogen) atoms. The number of benzene rings is 2. The Balaban J connectivity index is 1.98. The van der Waals surface area contributed by atoms with Crippen LogP contribution in [0, 0.1) is 6.92 Å². The maximum absolute atomic E-state index is 12.1. The van der Waals surface area contributed by atoms with E-state index in [1.807, 2.05) is 37.3 Å². The summed E-state index contributed by atoms with van der Waals surface area (Å²) < 4.78 is 24.1. The minimum Gasteiger partial charge on any atom is -0.219 e. The summed E-state index contributed by atoms with van der Waals surface area (Å²) in [7, 11) is -3.33. The van der Waals surface area contributed by atoms with Crippen molar-refractivity contribution in [1.29, 1.82) is 0 Å². The minimum absolute atomic E-state index is 0.333. The molecule has 0 saturated heterocycles. The van der Waals surface area contributed by atoms with Crippen molar-refractivity contribution in [3.63, 3.8) is 0 Å². The summed E-state index contributed by atoms with van der Waals surface area (Å²) in [6.45, 7) is 1.93. The Morgan fingerprint density at radius 2 is 1.65 bits per heavy atom. The molecule has 0 saturated carbocycles. The summed E-state index contributed by atoms with van der Waals surface area (Å²) >= 11 is 1.47. The molecule has 0 spiro atoms. The van der Waals surface area contributed by atoms with Crippen molar-refractivity contribution in [3.05, 3.63) is 76.5 Å². The van der Waals surface area contributed by atoms with Crippen molar-refractivity contribution in [2.24, 2.45) is 0 Å². The zero-order valence-corrected chi connectivity index (χ0v) is 12.8. The fourth-order valence-corrected chi connectivity index (χ4v) is 3.69. The van der Waals surface area contributed by atoms with Gasteiger partial charge in [-0.2, -0.15) is 0 Å². The molecule has 0 N–H and O–H groups in total. The van der Waals surface area contributed by atoms with Crippen LogP contribution in [0.1, 0.15) is 11.1 Å². The van der Waals surface area contributed by atoms with Crippen LogP contribution in [0.4, 0.5) is 0 Å². The molecule has 0 radical (unpaired) electrons. The third-order valence-electron chi connectivity index (χ3n) is 2.77. The lowest BCUT2D eigenvalue weighted by Gasteiger charge is -2.00. The zero-order valence-electron chi connectivity index (χ0n) is 11.2. The van der Waals surface area contributed by atoms with E-state index in [9.17, 15) is 8.42 Å². The maximum Gasteiger partial charge on any atom is 0.200 e. The van der Waals surface area contributed by atoms with Crippen LogP contribution in [0.5, 0.6) is 0 Å². The quantitative estimate of drug-likeness (QED) is 0.831. The highest BCUT2D eigenvalue weighted by Crippen LogP contribution is 2.17. The minimum atomic E-state index is -3.33. The third-order valence-corrected chi connectivity index (χ3v) is 5.20. The summed E-state index contributed by atoms with van der Waals surface area (Å²) in [5.74, 6) is 0.765. The molecule has 0 bridgehead atoms. The number of aryl methyl sites for hydroxylation is 1. The molecular weight excluding hydrogens is 288 g/mol. The van der Waals surface area contributed by atoms with Crippen LogP contribution in [-0.2, 0) is 15.6 Å². The molecule has 2 nitrogen and oxygen atoms in total. The Hall–Kier alpha value is -1.52. The van der Waals surface area contributed by atoms with Gasteiger partial charge in [-0.1, -0.05) is 48.0 Å². The third kappa shape index (κ3) is 4.25. The first kappa shape index (κ1) is 14.9. The molecule has 4 heteroatoms. The van der Waals surface area contributed by atoms with Crippen LogP contribution in [0.3, 0.4) is 0 Å². The molecule has 0 fully saturated rings. The normalized spacial score (nSPS) is 11.8. The number of thioether (sulfide) groups is 1. The molecule has 104 valence electrons. The van der Waals surface area contributed by atoms with Gasteiger partial charge in [0.05, 0.1) is 4.90 Å². The largest absolute Gasteiger partial charge is 0.219 e. The highest BCUT2D eigenvalue weighted by atomic mass is 32.2.